The summed E-state index contributed by atoms with van der Waals surface area (Å²) in [4.78, 5) is 16.8. The molecular weight excluding hydrogens is 362 g/mol. The summed E-state index contributed by atoms with van der Waals surface area (Å²) in [5, 5.41) is 0. The molecule has 1 N–H and O–H groups in total. The number of anilines is 1. The van der Waals surface area contributed by atoms with Gasteiger partial charge in [-0.3, -0.25) is 4.98 Å². The van der Waals surface area contributed by atoms with Crippen LogP contribution in [-0.4, -0.2) is 28.4 Å². The van der Waals surface area contributed by atoms with Crippen LogP contribution < -0.4 is 4.72 Å². The van der Waals surface area contributed by atoms with Gasteiger partial charge in [0.15, 0.2) is 5.82 Å². The Balaban J connectivity index is 1.91. The molecule has 2 aromatic heterocycles. The summed E-state index contributed by atoms with van der Waals surface area (Å²) in [5.41, 5.74) is 1.53. The van der Waals surface area contributed by atoms with Gasteiger partial charge in [-0.2, -0.15) is 9.97 Å². The first kappa shape index (κ1) is 18.9. The number of aryl methyl sites for hydroxylation is 1. The predicted octanol–water partition coefficient (Wildman–Crippen LogP) is 3.34. The van der Waals surface area contributed by atoms with Crippen molar-refractivity contribution >= 4 is 16.0 Å². The van der Waals surface area contributed by atoms with E-state index in [1.807, 2.05) is 18.2 Å². The van der Waals surface area contributed by atoms with Crippen molar-refractivity contribution in [3.63, 3.8) is 0 Å². The normalized spacial score (nSPS) is 12.0. The zero-order chi connectivity index (χ0) is 19.7. The van der Waals surface area contributed by atoms with Crippen molar-refractivity contribution in [2.24, 2.45) is 0 Å². The number of sulfonamides is 1. The molecule has 7 nitrogen and oxygen atoms in total. The van der Waals surface area contributed by atoms with E-state index in [1.54, 1.807) is 37.4 Å². The summed E-state index contributed by atoms with van der Waals surface area (Å²) in [7, 11) is -3.81. The van der Waals surface area contributed by atoms with E-state index in [0.717, 1.165) is 5.56 Å². The zero-order valence-electron chi connectivity index (χ0n) is 15.6. The topological polar surface area (TPSA) is 97.7 Å². The van der Waals surface area contributed by atoms with E-state index >= 15 is 0 Å². The third kappa shape index (κ3) is 4.46. The third-order valence-corrected chi connectivity index (χ3v) is 5.24. The summed E-state index contributed by atoms with van der Waals surface area (Å²) >= 11 is 0. The molecule has 0 atom stereocenters. The van der Waals surface area contributed by atoms with E-state index < -0.39 is 10.0 Å². The molecule has 27 heavy (non-hydrogen) atoms. The first-order chi connectivity index (χ1) is 12.6. The molecule has 0 amide bonds. The van der Waals surface area contributed by atoms with Gasteiger partial charge in [0, 0.05) is 6.20 Å². The van der Waals surface area contributed by atoms with Gasteiger partial charge in [0.1, 0.15) is 11.5 Å². The standard InChI is InChI=1S/C19H21N5O2S/c1-13-21-17(16-7-5-6-12-20-16)23-18(22-13)24-27(25,26)15-10-8-14(9-11-15)19(2,3)4/h5-12H,1-4H3,(H,21,22,23,24). The van der Waals surface area contributed by atoms with E-state index in [0.29, 0.717) is 17.3 Å². The van der Waals surface area contributed by atoms with E-state index in [1.165, 1.54) is 0 Å². The highest BCUT2D eigenvalue weighted by Crippen LogP contribution is 2.24. The van der Waals surface area contributed by atoms with E-state index in [-0.39, 0.29) is 16.3 Å². The lowest BCUT2D eigenvalue weighted by molar-refractivity contribution is 0.587. The molecule has 0 aliphatic heterocycles. The summed E-state index contributed by atoms with van der Waals surface area (Å²) in [5.74, 6) is 0.665. The molecule has 3 aromatic rings. The molecule has 1 aromatic carbocycles. The Morgan fingerprint density at radius 2 is 1.63 bits per heavy atom. The molecule has 2 heterocycles. The summed E-state index contributed by atoms with van der Waals surface area (Å²) in [6, 6.07) is 12.1. The second-order valence-corrected chi connectivity index (χ2v) is 8.81. The van der Waals surface area contributed by atoms with Crippen LogP contribution in [0.1, 0.15) is 32.2 Å². The minimum Gasteiger partial charge on any atom is -0.253 e. The highest BCUT2D eigenvalue weighted by atomic mass is 32.2. The number of benzene rings is 1. The first-order valence-electron chi connectivity index (χ1n) is 8.43. The van der Waals surface area contributed by atoms with E-state index in [4.69, 9.17) is 0 Å². The van der Waals surface area contributed by atoms with Gasteiger partial charge in [-0.1, -0.05) is 39.0 Å². The molecule has 0 bridgehead atoms. The minimum atomic E-state index is -3.81. The van der Waals surface area contributed by atoms with Crippen LogP contribution in [0.5, 0.6) is 0 Å². The molecule has 0 fully saturated rings. The number of rotatable bonds is 4. The highest BCUT2D eigenvalue weighted by Gasteiger charge is 2.19. The van der Waals surface area contributed by atoms with Gasteiger partial charge in [-0.05, 0) is 42.2 Å². The van der Waals surface area contributed by atoms with Crippen LogP contribution >= 0.6 is 0 Å². The molecule has 0 radical (unpaired) electrons. The van der Waals surface area contributed by atoms with E-state index in [9.17, 15) is 8.42 Å². The van der Waals surface area contributed by atoms with Crippen molar-refractivity contribution in [3.8, 4) is 11.5 Å². The average molecular weight is 383 g/mol. The van der Waals surface area contributed by atoms with Crippen LogP contribution in [-0.2, 0) is 15.4 Å². The minimum absolute atomic E-state index is 0.0388. The van der Waals surface area contributed by atoms with Crippen molar-refractivity contribution in [1.82, 2.24) is 19.9 Å². The SMILES string of the molecule is Cc1nc(NS(=O)(=O)c2ccc(C(C)(C)C)cc2)nc(-c2ccccn2)n1. The molecule has 3 rings (SSSR count). The molecule has 0 spiro atoms. The number of nitrogens with zero attached hydrogens (tertiary/aromatic N) is 4. The molecule has 0 aliphatic carbocycles. The Morgan fingerprint density at radius 3 is 2.22 bits per heavy atom. The number of pyridine rings is 1. The second-order valence-electron chi connectivity index (χ2n) is 7.12. The van der Waals surface area contributed by atoms with Crippen LogP contribution in [0, 0.1) is 6.92 Å². The van der Waals surface area contributed by atoms with Crippen LogP contribution in [0.15, 0.2) is 53.6 Å². The molecule has 0 saturated heterocycles. The van der Waals surface area contributed by atoms with Gasteiger partial charge in [0.05, 0.1) is 4.90 Å². The molecule has 140 valence electrons. The summed E-state index contributed by atoms with van der Waals surface area (Å²) in [6.45, 7) is 7.88. The smallest absolute Gasteiger partial charge is 0.253 e. The van der Waals surface area contributed by atoms with Crippen LogP contribution in [0.25, 0.3) is 11.5 Å². The van der Waals surface area contributed by atoms with E-state index in [2.05, 4.69) is 45.4 Å². The Bertz CT molecular complexity index is 1040. The molecule has 0 unspecified atom stereocenters. The lowest BCUT2D eigenvalue weighted by Crippen LogP contribution is -2.17. The monoisotopic (exact) mass is 383 g/mol. The maximum Gasteiger partial charge on any atom is 0.264 e. The Labute approximate surface area is 159 Å². The molecule has 0 aliphatic rings. The van der Waals surface area contributed by atoms with Crippen molar-refractivity contribution in [2.75, 3.05) is 4.72 Å². The lowest BCUT2D eigenvalue weighted by atomic mass is 9.87. The Morgan fingerprint density at radius 1 is 0.926 bits per heavy atom. The van der Waals surface area contributed by atoms with Gasteiger partial charge < -0.3 is 0 Å². The highest BCUT2D eigenvalue weighted by molar-refractivity contribution is 7.92. The molecule has 8 heteroatoms. The lowest BCUT2D eigenvalue weighted by Gasteiger charge is -2.19. The van der Waals surface area contributed by atoms with Crippen LogP contribution in [0.2, 0.25) is 0 Å². The maximum atomic E-state index is 12.7. The summed E-state index contributed by atoms with van der Waals surface area (Å²) in [6.07, 6.45) is 1.62. The third-order valence-electron chi connectivity index (χ3n) is 3.90. The largest absolute Gasteiger partial charge is 0.264 e. The fourth-order valence-electron chi connectivity index (χ4n) is 2.45. The number of nitrogens with one attached hydrogen (secondary N) is 1. The van der Waals surface area contributed by atoms with Crippen molar-refractivity contribution in [2.45, 2.75) is 38.0 Å². The molecular formula is C19H21N5O2S. The zero-order valence-corrected chi connectivity index (χ0v) is 16.4. The van der Waals surface area contributed by atoms with Gasteiger partial charge in [-0.15, -0.1) is 0 Å². The van der Waals surface area contributed by atoms with Gasteiger partial charge >= 0.3 is 0 Å². The first-order valence-corrected chi connectivity index (χ1v) is 9.91. The Kier molecular flexibility index (Phi) is 4.93. The van der Waals surface area contributed by atoms with Gasteiger partial charge in [0.25, 0.3) is 10.0 Å². The molecule has 0 saturated carbocycles. The number of hydrogen-bond donors (Lipinski definition) is 1. The predicted molar refractivity (Wildman–Crippen MR) is 104 cm³/mol. The Hall–Kier alpha value is -2.87. The fraction of sp³-hybridized carbons (Fsp3) is 0.263. The quantitative estimate of drug-likeness (QED) is 0.742. The average Bonchev–Trinajstić information content (AvgIpc) is 2.61. The maximum absolute atomic E-state index is 12.7. The van der Waals surface area contributed by atoms with Crippen molar-refractivity contribution in [3.05, 3.63) is 60.0 Å². The fourth-order valence-corrected chi connectivity index (χ4v) is 3.39. The number of hydrogen-bond acceptors (Lipinski definition) is 6. The number of aromatic nitrogens is 4. The van der Waals surface area contributed by atoms with Crippen molar-refractivity contribution < 1.29 is 8.42 Å². The van der Waals surface area contributed by atoms with Gasteiger partial charge in [0.2, 0.25) is 5.95 Å². The second kappa shape index (κ2) is 7.03. The van der Waals surface area contributed by atoms with Crippen LogP contribution in [0.4, 0.5) is 5.95 Å². The van der Waals surface area contributed by atoms with Crippen LogP contribution in [0.3, 0.4) is 0 Å². The summed E-state index contributed by atoms with van der Waals surface area (Å²) < 4.78 is 27.8. The van der Waals surface area contributed by atoms with Crippen molar-refractivity contribution in [1.29, 1.82) is 0 Å². The van der Waals surface area contributed by atoms with Gasteiger partial charge in [-0.25, -0.2) is 18.1 Å².